The molecule has 5 aliphatic rings. The summed E-state index contributed by atoms with van der Waals surface area (Å²) in [4.78, 5) is 31.3. The highest BCUT2D eigenvalue weighted by atomic mass is 35.5. The molecule has 1 aromatic heterocycles. The summed E-state index contributed by atoms with van der Waals surface area (Å²) in [7, 11) is 0. The fourth-order valence-corrected chi connectivity index (χ4v) is 6.38. The van der Waals surface area contributed by atoms with Crippen molar-refractivity contribution in [3.63, 3.8) is 0 Å². The number of rotatable bonds is 6. The van der Waals surface area contributed by atoms with E-state index in [1.807, 2.05) is 6.07 Å². The van der Waals surface area contributed by atoms with Crippen LogP contribution in [-0.4, -0.2) is 64.5 Å². The summed E-state index contributed by atoms with van der Waals surface area (Å²) in [5, 5.41) is 14.1. The van der Waals surface area contributed by atoms with Gasteiger partial charge in [0.15, 0.2) is 6.10 Å². The predicted molar refractivity (Wildman–Crippen MR) is 127 cm³/mol. The highest BCUT2D eigenvalue weighted by Crippen LogP contribution is 2.67. The number of ether oxygens (including phenoxy) is 2. The highest BCUT2D eigenvalue weighted by molar-refractivity contribution is 6.30. The number of pyridine rings is 1. The number of benzene rings is 1. The van der Waals surface area contributed by atoms with Crippen LogP contribution in [0.2, 0.25) is 5.02 Å². The maximum atomic E-state index is 12.9. The summed E-state index contributed by atoms with van der Waals surface area (Å²) in [6.45, 7) is -0.0623. The van der Waals surface area contributed by atoms with Gasteiger partial charge in [0.2, 0.25) is 0 Å². The molecule has 2 atom stereocenters. The van der Waals surface area contributed by atoms with E-state index in [4.69, 9.17) is 16.3 Å². The second kappa shape index (κ2) is 8.82. The maximum Gasteiger partial charge on any atom is 0.522 e. The van der Waals surface area contributed by atoms with Crippen molar-refractivity contribution in [2.45, 2.75) is 55.2 Å². The van der Waals surface area contributed by atoms with E-state index in [0.717, 1.165) is 24.8 Å². The predicted octanol–water partition coefficient (Wildman–Crippen LogP) is 3.52. The van der Waals surface area contributed by atoms with Gasteiger partial charge in [-0.1, -0.05) is 17.7 Å². The van der Waals surface area contributed by atoms with Gasteiger partial charge in [-0.2, -0.15) is 0 Å². The zero-order chi connectivity index (χ0) is 26.9. The molecule has 3 heterocycles. The lowest BCUT2D eigenvalue weighted by Gasteiger charge is -2.71. The van der Waals surface area contributed by atoms with Gasteiger partial charge in [-0.3, -0.25) is 19.3 Å². The number of nitrogens with zero attached hydrogens (tertiary/aromatic N) is 2. The van der Waals surface area contributed by atoms with E-state index in [0.29, 0.717) is 16.3 Å². The Labute approximate surface area is 221 Å². The zero-order valence-electron chi connectivity index (χ0n) is 20.1. The molecular weight excluding hydrogens is 527 g/mol. The molecule has 202 valence electrons. The molecule has 2 aromatic rings. The van der Waals surface area contributed by atoms with E-state index < -0.39 is 25.2 Å². The van der Waals surface area contributed by atoms with E-state index in [2.05, 4.69) is 15.0 Å². The third kappa shape index (κ3) is 4.50. The third-order valence-electron chi connectivity index (χ3n) is 8.07. The molecule has 0 radical (unpaired) electrons. The Bertz CT molecular complexity index is 1260. The molecule has 7 rings (SSSR count). The summed E-state index contributed by atoms with van der Waals surface area (Å²) in [6, 6.07) is 8.45. The van der Waals surface area contributed by atoms with Crippen LogP contribution in [0.3, 0.4) is 0 Å². The number of carbonyl (C=O) groups is 2. The van der Waals surface area contributed by atoms with E-state index in [-0.39, 0.29) is 53.9 Å². The molecule has 38 heavy (non-hydrogen) atoms. The van der Waals surface area contributed by atoms with Gasteiger partial charge in [-0.25, -0.2) is 0 Å². The van der Waals surface area contributed by atoms with Crippen molar-refractivity contribution in [2.24, 2.45) is 5.92 Å². The normalized spacial score (nSPS) is 29.8. The summed E-state index contributed by atoms with van der Waals surface area (Å²) in [6.07, 6.45) is -2.25. The van der Waals surface area contributed by atoms with Gasteiger partial charge >= 0.3 is 6.36 Å². The second-order valence-electron chi connectivity index (χ2n) is 10.9. The number of halogens is 4. The Hall–Kier alpha value is -2.89. The molecule has 4 fully saturated rings. The molecule has 2 bridgehead atoms. The van der Waals surface area contributed by atoms with Crippen LogP contribution >= 0.6 is 11.6 Å². The average molecular weight is 552 g/mol. The minimum Gasteiger partial charge on any atom is -0.480 e. The Morgan fingerprint density at radius 2 is 1.95 bits per heavy atom. The molecule has 8 nitrogen and oxygen atoms in total. The van der Waals surface area contributed by atoms with Crippen molar-refractivity contribution in [1.29, 1.82) is 0 Å². The van der Waals surface area contributed by atoms with Crippen LogP contribution in [0.1, 0.15) is 53.4 Å². The van der Waals surface area contributed by atoms with Crippen molar-refractivity contribution in [3.8, 4) is 5.75 Å². The lowest BCUT2D eigenvalue weighted by Crippen LogP contribution is -2.77. The fraction of sp³-hybridized carbons (Fsp3) is 0.500. The second-order valence-corrected chi connectivity index (χ2v) is 11.3. The molecule has 2 aliphatic heterocycles. The van der Waals surface area contributed by atoms with Crippen LogP contribution in [0.15, 0.2) is 36.5 Å². The Balaban J connectivity index is 0.998. The highest BCUT2D eigenvalue weighted by Gasteiger charge is 2.69. The quantitative estimate of drug-likeness (QED) is 0.570. The van der Waals surface area contributed by atoms with Crippen LogP contribution in [0, 0.1) is 5.92 Å². The van der Waals surface area contributed by atoms with Crippen LogP contribution in [0.5, 0.6) is 5.75 Å². The van der Waals surface area contributed by atoms with Crippen LogP contribution in [0.25, 0.3) is 0 Å². The minimum absolute atomic E-state index is 0.102. The van der Waals surface area contributed by atoms with Crippen LogP contribution in [-0.2, 0) is 14.9 Å². The number of fused-ring (bicyclic) bond motifs is 1. The number of alkyl halides is 3. The monoisotopic (exact) mass is 551 g/mol. The summed E-state index contributed by atoms with van der Waals surface area (Å²) in [5.74, 6) is -0.473. The van der Waals surface area contributed by atoms with Crippen molar-refractivity contribution in [1.82, 2.24) is 15.2 Å². The molecule has 0 spiro atoms. The molecular formula is C26H25ClF3N3O5. The van der Waals surface area contributed by atoms with E-state index in [9.17, 15) is 27.9 Å². The molecule has 1 aromatic carbocycles. The van der Waals surface area contributed by atoms with Gasteiger partial charge in [0, 0.05) is 53.2 Å². The lowest BCUT2D eigenvalue weighted by atomic mass is 9.37. The fourth-order valence-electron chi connectivity index (χ4n) is 6.20. The number of nitrogens with one attached hydrogen (secondary N) is 1. The first kappa shape index (κ1) is 25.4. The van der Waals surface area contributed by atoms with Crippen LogP contribution < -0.4 is 10.1 Å². The molecule has 3 aliphatic carbocycles. The lowest BCUT2D eigenvalue weighted by molar-refractivity contribution is -0.330. The standard InChI is InChI=1S/C26H25ClF3N3O5/c27-16-2-4-20-17(5-16)19(34)6-21(38-20)22(35)32-25-11-24(12-25,13-25)15-1-3-18(31-7-15)23(36)33-8-14(9-33)10-37-26(28,29)30/h1-5,7,14,19,21,34H,6,8-13H2,(H,32,35)/t19-,21-,24?,25?/m1/s1. The zero-order valence-corrected chi connectivity index (χ0v) is 20.9. The first-order valence-corrected chi connectivity index (χ1v) is 12.7. The van der Waals surface area contributed by atoms with Gasteiger partial charge < -0.3 is 20.1 Å². The SMILES string of the molecule is O=C(NC12CC(c3ccc(C(=O)N4CC(COC(F)(F)F)C4)nc3)(C1)C2)[C@H]1C[C@@H](O)c2cc(Cl)ccc2O1. The molecule has 3 saturated carbocycles. The first-order chi connectivity index (χ1) is 17.9. The molecule has 1 saturated heterocycles. The van der Waals surface area contributed by atoms with Gasteiger partial charge in [0.25, 0.3) is 11.8 Å². The smallest absolute Gasteiger partial charge is 0.480 e. The topological polar surface area (TPSA) is 101 Å². The van der Waals surface area contributed by atoms with Crippen molar-refractivity contribution >= 4 is 23.4 Å². The Kier molecular flexibility index (Phi) is 5.89. The number of likely N-dealkylation sites (tertiary alicyclic amines) is 1. The maximum absolute atomic E-state index is 12.9. The molecule has 2 N–H and O–H groups in total. The molecule has 0 unspecified atom stereocenters. The largest absolute Gasteiger partial charge is 0.522 e. The number of hydrogen-bond acceptors (Lipinski definition) is 6. The van der Waals surface area contributed by atoms with Crippen molar-refractivity contribution in [3.05, 3.63) is 58.4 Å². The van der Waals surface area contributed by atoms with Crippen molar-refractivity contribution in [2.75, 3.05) is 19.7 Å². The minimum atomic E-state index is -4.67. The Morgan fingerprint density at radius 1 is 1.21 bits per heavy atom. The van der Waals surface area contributed by atoms with E-state index in [1.165, 1.54) is 4.90 Å². The van der Waals surface area contributed by atoms with E-state index >= 15 is 0 Å². The van der Waals surface area contributed by atoms with Gasteiger partial charge in [0.1, 0.15) is 11.4 Å². The average Bonchev–Trinajstić information content (AvgIpc) is 2.79. The molecule has 2 amide bonds. The van der Waals surface area contributed by atoms with Gasteiger partial charge in [-0.05, 0) is 49.1 Å². The third-order valence-corrected chi connectivity index (χ3v) is 8.31. The van der Waals surface area contributed by atoms with Gasteiger partial charge in [0.05, 0.1) is 12.7 Å². The van der Waals surface area contributed by atoms with E-state index in [1.54, 1.807) is 30.5 Å². The first-order valence-electron chi connectivity index (χ1n) is 12.4. The summed E-state index contributed by atoms with van der Waals surface area (Å²) >= 11 is 5.99. The number of aliphatic hydroxyl groups is 1. The number of carbonyl (C=O) groups excluding carboxylic acids is 2. The number of hydrogen-bond donors (Lipinski definition) is 2. The Morgan fingerprint density at radius 3 is 2.61 bits per heavy atom. The van der Waals surface area contributed by atoms with Gasteiger partial charge in [-0.15, -0.1) is 13.2 Å². The number of aliphatic hydroxyl groups excluding tert-OH is 1. The number of aromatic nitrogens is 1. The van der Waals surface area contributed by atoms with Crippen LogP contribution in [0.4, 0.5) is 13.2 Å². The molecule has 12 heteroatoms. The van der Waals surface area contributed by atoms with Crippen molar-refractivity contribution < 1.29 is 37.3 Å². The number of amides is 2. The summed E-state index contributed by atoms with van der Waals surface area (Å²) in [5.41, 5.74) is 1.39. The summed E-state index contributed by atoms with van der Waals surface area (Å²) < 4.78 is 46.1.